The van der Waals surface area contributed by atoms with Gasteiger partial charge in [0.15, 0.2) is 11.5 Å². The van der Waals surface area contributed by atoms with E-state index in [4.69, 9.17) is 19.5 Å². The molecule has 0 aliphatic carbocycles. The van der Waals surface area contributed by atoms with Crippen LogP contribution in [0.2, 0.25) is 0 Å². The number of pyridine rings is 1. The van der Waals surface area contributed by atoms with Crippen molar-refractivity contribution >= 4 is 0 Å². The Morgan fingerprint density at radius 2 is 2.11 bits per heavy atom. The van der Waals surface area contributed by atoms with Gasteiger partial charge in [0.1, 0.15) is 6.61 Å². The van der Waals surface area contributed by atoms with Gasteiger partial charge in [-0.25, -0.2) is 4.98 Å². The van der Waals surface area contributed by atoms with Crippen molar-refractivity contribution in [3.63, 3.8) is 0 Å². The van der Waals surface area contributed by atoms with Crippen molar-refractivity contribution in [3.8, 4) is 23.4 Å². The van der Waals surface area contributed by atoms with Crippen LogP contribution >= 0.6 is 0 Å². The minimum Gasteiger partial charge on any atom is -0.473 e. The van der Waals surface area contributed by atoms with Gasteiger partial charge in [0.2, 0.25) is 12.7 Å². The van der Waals surface area contributed by atoms with E-state index in [9.17, 15) is 0 Å². The van der Waals surface area contributed by atoms with Crippen LogP contribution in [0.15, 0.2) is 36.5 Å². The highest BCUT2D eigenvalue weighted by molar-refractivity contribution is 5.44. The molecule has 19 heavy (non-hydrogen) atoms. The Morgan fingerprint density at radius 1 is 1.21 bits per heavy atom. The first-order valence-electron chi connectivity index (χ1n) is 5.72. The molecule has 0 saturated carbocycles. The molecule has 0 bridgehead atoms. The predicted molar refractivity (Wildman–Crippen MR) is 65.8 cm³/mol. The molecule has 0 N–H and O–H groups in total. The Hall–Kier alpha value is -2.74. The van der Waals surface area contributed by atoms with Gasteiger partial charge >= 0.3 is 0 Å². The molecule has 1 aromatic heterocycles. The molecular formula is C14H10N2O3. The van der Waals surface area contributed by atoms with E-state index in [1.165, 1.54) is 0 Å². The highest BCUT2D eigenvalue weighted by Crippen LogP contribution is 2.32. The van der Waals surface area contributed by atoms with E-state index < -0.39 is 0 Å². The van der Waals surface area contributed by atoms with Crippen molar-refractivity contribution < 1.29 is 14.2 Å². The summed E-state index contributed by atoms with van der Waals surface area (Å²) in [6.07, 6.45) is 1.55. The number of hydrogen-bond donors (Lipinski definition) is 0. The fourth-order valence-corrected chi connectivity index (χ4v) is 1.75. The zero-order valence-corrected chi connectivity index (χ0v) is 10.00. The maximum atomic E-state index is 8.79. The van der Waals surface area contributed by atoms with Gasteiger partial charge in [-0.3, -0.25) is 0 Å². The van der Waals surface area contributed by atoms with Crippen LogP contribution in [0.5, 0.6) is 17.4 Å². The zero-order chi connectivity index (χ0) is 13.1. The highest BCUT2D eigenvalue weighted by Gasteiger charge is 2.13. The summed E-state index contributed by atoms with van der Waals surface area (Å²) in [5.74, 6) is 1.89. The summed E-state index contributed by atoms with van der Waals surface area (Å²) in [7, 11) is 0. The number of hydrogen-bond acceptors (Lipinski definition) is 5. The third-order valence-electron chi connectivity index (χ3n) is 2.69. The first kappa shape index (κ1) is 11.4. The molecule has 5 heteroatoms. The monoisotopic (exact) mass is 254 g/mol. The van der Waals surface area contributed by atoms with Crippen LogP contribution in [-0.4, -0.2) is 11.8 Å². The summed E-state index contributed by atoms with van der Waals surface area (Å²) in [6.45, 7) is 0.615. The van der Waals surface area contributed by atoms with Gasteiger partial charge in [-0.2, -0.15) is 5.26 Å². The summed E-state index contributed by atoms with van der Waals surface area (Å²) >= 11 is 0. The van der Waals surface area contributed by atoms with Crippen LogP contribution in [0.3, 0.4) is 0 Å². The Morgan fingerprint density at radius 3 is 3.00 bits per heavy atom. The van der Waals surface area contributed by atoms with E-state index in [-0.39, 0.29) is 6.79 Å². The summed E-state index contributed by atoms with van der Waals surface area (Å²) in [4.78, 5) is 4.05. The van der Waals surface area contributed by atoms with Crippen LogP contribution in [-0.2, 0) is 6.61 Å². The molecular weight excluding hydrogens is 244 g/mol. The fourth-order valence-electron chi connectivity index (χ4n) is 1.75. The Labute approximate surface area is 110 Å². The molecule has 0 unspecified atom stereocenters. The third-order valence-corrected chi connectivity index (χ3v) is 2.69. The van der Waals surface area contributed by atoms with Gasteiger partial charge in [-0.15, -0.1) is 0 Å². The van der Waals surface area contributed by atoms with Crippen LogP contribution < -0.4 is 14.2 Å². The molecule has 2 heterocycles. The Bertz CT molecular complexity index is 649. The van der Waals surface area contributed by atoms with Crippen molar-refractivity contribution in [3.05, 3.63) is 47.7 Å². The molecule has 0 spiro atoms. The molecule has 2 aromatic rings. The van der Waals surface area contributed by atoms with E-state index in [1.54, 1.807) is 18.3 Å². The van der Waals surface area contributed by atoms with E-state index in [1.807, 2.05) is 24.3 Å². The molecule has 0 saturated heterocycles. The summed E-state index contributed by atoms with van der Waals surface area (Å²) in [6, 6.07) is 10.9. The normalized spacial score (nSPS) is 11.9. The largest absolute Gasteiger partial charge is 0.473 e. The van der Waals surface area contributed by atoms with E-state index in [2.05, 4.69) is 4.98 Å². The van der Waals surface area contributed by atoms with E-state index >= 15 is 0 Å². The number of fused-ring (bicyclic) bond motifs is 1. The molecule has 1 aliphatic rings. The third kappa shape index (κ3) is 2.43. The van der Waals surface area contributed by atoms with Crippen LogP contribution in [0.1, 0.15) is 11.1 Å². The lowest BCUT2D eigenvalue weighted by atomic mass is 10.2. The maximum absolute atomic E-state index is 8.79. The van der Waals surface area contributed by atoms with Crippen molar-refractivity contribution in [1.29, 1.82) is 5.26 Å². The minimum absolute atomic E-state index is 0.255. The number of rotatable bonds is 3. The Kier molecular flexibility index (Phi) is 2.91. The van der Waals surface area contributed by atoms with Crippen LogP contribution in [0.4, 0.5) is 0 Å². The van der Waals surface area contributed by atoms with E-state index in [0.29, 0.717) is 18.1 Å². The second-order valence-electron chi connectivity index (χ2n) is 3.97. The first-order valence-corrected chi connectivity index (χ1v) is 5.72. The number of ether oxygens (including phenoxy) is 3. The van der Waals surface area contributed by atoms with Gasteiger partial charge < -0.3 is 14.2 Å². The van der Waals surface area contributed by atoms with Crippen molar-refractivity contribution in [2.24, 2.45) is 0 Å². The number of nitrogens with zero attached hydrogens (tertiary/aromatic N) is 2. The standard InChI is InChI=1S/C14H10N2O3/c15-7-10-3-4-16-14(6-10)17-8-11-1-2-12-13(5-11)19-9-18-12/h1-6H,8-9H2. The molecule has 0 fully saturated rings. The van der Waals surface area contributed by atoms with Gasteiger partial charge in [0.05, 0.1) is 11.6 Å². The van der Waals surface area contributed by atoms with Crippen LogP contribution in [0.25, 0.3) is 0 Å². The number of benzene rings is 1. The lowest BCUT2D eigenvalue weighted by Crippen LogP contribution is -1.97. The summed E-state index contributed by atoms with van der Waals surface area (Å²) < 4.78 is 16.1. The molecule has 0 atom stereocenters. The minimum atomic E-state index is 0.255. The molecule has 3 rings (SSSR count). The van der Waals surface area contributed by atoms with Crippen molar-refractivity contribution in [2.45, 2.75) is 6.61 Å². The van der Waals surface area contributed by atoms with Gasteiger partial charge in [0, 0.05) is 12.3 Å². The topological polar surface area (TPSA) is 64.4 Å². The highest BCUT2D eigenvalue weighted by atomic mass is 16.7. The first-order chi connectivity index (χ1) is 9.35. The van der Waals surface area contributed by atoms with Crippen molar-refractivity contribution in [1.82, 2.24) is 4.98 Å². The second-order valence-corrected chi connectivity index (χ2v) is 3.97. The van der Waals surface area contributed by atoms with Crippen LogP contribution in [0, 0.1) is 11.3 Å². The fraction of sp³-hybridized carbons (Fsp3) is 0.143. The second kappa shape index (κ2) is 4.86. The molecule has 94 valence electrons. The molecule has 0 amide bonds. The maximum Gasteiger partial charge on any atom is 0.231 e. The smallest absolute Gasteiger partial charge is 0.231 e. The average molecular weight is 254 g/mol. The van der Waals surface area contributed by atoms with E-state index in [0.717, 1.165) is 17.1 Å². The molecule has 0 radical (unpaired) electrons. The van der Waals surface area contributed by atoms with Crippen molar-refractivity contribution in [2.75, 3.05) is 6.79 Å². The van der Waals surface area contributed by atoms with Gasteiger partial charge in [-0.05, 0) is 23.8 Å². The SMILES string of the molecule is N#Cc1ccnc(OCc2ccc3c(c2)OCO3)c1. The zero-order valence-electron chi connectivity index (χ0n) is 10.00. The van der Waals surface area contributed by atoms with Gasteiger partial charge in [0.25, 0.3) is 0 Å². The Balaban J connectivity index is 1.70. The summed E-state index contributed by atoms with van der Waals surface area (Å²) in [5.41, 5.74) is 1.48. The molecule has 1 aromatic carbocycles. The lowest BCUT2D eigenvalue weighted by molar-refractivity contribution is 0.174. The number of nitriles is 1. The quantitative estimate of drug-likeness (QED) is 0.840. The summed E-state index contributed by atoms with van der Waals surface area (Å²) in [5, 5.41) is 8.79. The molecule has 1 aliphatic heterocycles. The predicted octanol–water partition coefficient (Wildman–Crippen LogP) is 2.26. The number of aromatic nitrogens is 1. The molecule has 5 nitrogen and oxygen atoms in total. The lowest BCUT2D eigenvalue weighted by Gasteiger charge is -2.06. The van der Waals surface area contributed by atoms with Gasteiger partial charge in [-0.1, -0.05) is 6.07 Å². The average Bonchev–Trinajstić information content (AvgIpc) is 2.93.